The maximum atomic E-state index is 9.07. The van der Waals surface area contributed by atoms with Crippen LogP contribution in [0.15, 0.2) is 28.7 Å². The first-order valence-corrected chi connectivity index (χ1v) is 6.14. The third-order valence-electron chi connectivity index (χ3n) is 2.32. The number of aryl methyl sites for hydroxylation is 1. The smallest absolute Gasteiger partial charge is 0.228 e. The fraction of sp³-hybridized carbons (Fsp3) is 0.0769. The number of nitrogens with zero attached hydrogens (tertiary/aromatic N) is 4. The van der Waals surface area contributed by atoms with Gasteiger partial charge in [-0.3, -0.25) is 0 Å². The van der Waals surface area contributed by atoms with Crippen molar-refractivity contribution in [3.63, 3.8) is 0 Å². The second-order valence-electron chi connectivity index (χ2n) is 3.76. The van der Waals surface area contributed by atoms with Crippen LogP contribution in [0, 0.1) is 29.6 Å². The molecule has 1 N–H and O–H groups in total. The predicted octanol–water partition coefficient (Wildman–Crippen LogP) is 3.03. The molecule has 92 valence electrons. The number of nitriles is 2. The molecule has 0 atom stereocenters. The maximum Gasteiger partial charge on any atom is 0.228 e. The summed E-state index contributed by atoms with van der Waals surface area (Å²) in [7, 11) is 0. The lowest BCUT2D eigenvalue weighted by Crippen LogP contribution is -2.01. The minimum absolute atomic E-state index is 0.283. The summed E-state index contributed by atoms with van der Waals surface area (Å²) in [5.74, 6) is 0.301. The van der Waals surface area contributed by atoms with Crippen molar-refractivity contribution < 1.29 is 0 Å². The Morgan fingerprint density at radius 3 is 2.63 bits per heavy atom. The van der Waals surface area contributed by atoms with Gasteiger partial charge in [-0.25, -0.2) is 9.97 Å². The second-order valence-corrected chi connectivity index (χ2v) is 4.67. The summed E-state index contributed by atoms with van der Waals surface area (Å²) >= 11 is 3.30. The molecule has 0 aliphatic heterocycles. The van der Waals surface area contributed by atoms with Crippen molar-refractivity contribution in [3.05, 3.63) is 45.7 Å². The van der Waals surface area contributed by atoms with E-state index in [-0.39, 0.29) is 5.69 Å². The van der Waals surface area contributed by atoms with Crippen LogP contribution in [0.4, 0.5) is 11.6 Å². The van der Waals surface area contributed by atoms with E-state index in [0.29, 0.717) is 22.9 Å². The zero-order valence-electron chi connectivity index (χ0n) is 9.98. The molecular formula is C13H8BrN5. The highest BCUT2D eigenvalue weighted by Gasteiger charge is 2.06. The van der Waals surface area contributed by atoms with Crippen molar-refractivity contribution in [2.24, 2.45) is 0 Å². The standard InChI is InChI=1S/C13H8BrN5/c1-8-4-11(7-16)18-13(17-8)19-12-3-2-10(14)5-9(12)6-15/h2-5H,1H3,(H,17,18,19). The lowest BCUT2D eigenvalue weighted by molar-refractivity contribution is 1.09. The van der Waals surface area contributed by atoms with Gasteiger partial charge in [0.1, 0.15) is 17.8 Å². The zero-order chi connectivity index (χ0) is 13.8. The SMILES string of the molecule is Cc1cc(C#N)nc(Nc2ccc(Br)cc2C#N)n1. The first kappa shape index (κ1) is 13.0. The van der Waals surface area contributed by atoms with Crippen molar-refractivity contribution in [2.75, 3.05) is 5.32 Å². The predicted molar refractivity (Wildman–Crippen MR) is 73.6 cm³/mol. The van der Waals surface area contributed by atoms with Crippen molar-refractivity contribution in [2.45, 2.75) is 6.92 Å². The van der Waals surface area contributed by atoms with Gasteiger partial charge >= 0.3 is 0 Å². The first-order chi connectivity index (χ1) is 9.12. The van der Waals surface area contributed by atoms with E-state index < -0.39 is 0 Å². The molecule has 1 heterocycles. The molecule has 0 radical (unpaired) electrons. The average Bonchev–Trinajstić information content (AvgIpc) is 2.40. The molecule has 5 nitrogen and oxygen atoms in total. The molecule has 0 amide bonds. The van der Waals surface area contributed by atoms with Crippen LogP contribution < -0.4 is 5.32 Å². The van der Waals surface area contributed by atoms with Crippen LogP contribution in [0.25, 0.3) is 0 Å². The lowest BCUT2D eigenvalue weighted by atomic mass is 10.2. The summed E-state index contributed by atoms with van der Waals surface area (Å²) in [6.07, 6.45) is 0. The van der Waals surface area contributed by atoms with Gasteiger partial charge in [-0.2, -0.15) is 10.5 Å². The third kappa shape index (κ3) is 3.06. The van der Waals surface area contributed by atoms with Crippen LogP contribution in [0.3, 0.4) is 0 Å². The zero-order valence-corrected chi connectivity index (χ0v) is 11.6. The number of hydrogen-bond donors (Lipinski definition) is 1. The molecule has 0 fully saturated rings. The summed E-state index contributed by atoms with van der Waals surface area (Å²) in [6, 6.07) is 10.9. The van der Waals surface area contributed by atoms with E-state index in [1.807, 2.05) is 12.1 Å². The van der Waals surface area contributed by atoms with Crippen molar-refractivity contribution in [1.29, 1.82) is 10.5 Å². The number of rotatable bonds is 2. The van der Waals surface area contributed by atoms with Gasteiger partial charge < -0.3 is 5.32 Å². The Morgan fingerprint density at radius 2 is 1.95 bits per heavy atom. The molecule has 0 aliphatic rings. The molecule has 0 spiro atoms. The van der Waals surface area contributed by atoms with Gasteiger partial charge in [-0.05, 0) is 31.2 Å². The molecule has 1 aromatic heterocycles. The van der Waals surface area contributed by atoms with E-state index in [0.717, 1.165) is 4.47 Å². The average molecular weight is 314 g/mol. The van der Waals surface area contributed by atoms with Crippen LogP contribution in [-0.4, -0.2) is 9.97 Å². The monoisotopic (exact) mass is 313 g/mol. The highest BCUT2D eigenvalue weighted by atomic mass is 79.9. The number of anilines is 2. The molecule has 19 heavy (non-hydrogen) atoms. The quantitative estimate of drug-likeness (QED) is 0.921. The van der Waals surface area contributed by atoms with Crippen LogP contribution >= 0.6 is 15.9 Å². The lowest BCUT2D eigenvalue weighted by Gasteiger charge is -2.07. The Bertz CT molecular complexity index is 712. The van der Waals surface area contributed by atoms with Crippen LogP contribution in [0.5, 0.6) is 0 Å². The molecule has 2 rings (SSSR count). The summed E-state index contributed by atoms with van der Waals surface area (Å²) in [5.41, 5.74) is 2.04. The van der Waals surface area contributed by atoms with Crippen molar-refractivity contribution in [3.8, 4) is 12.1 Å². The molecule has 0 saturated heterocycles. The van der Waals surface area contributed by atoms with Gasteiger partial charge in [-0.15, -0.1) is 0 Å². The molecule has 2 aromatic rings. The largest absolute Gasteiger partial charge is 0.323 e. The molecule has 0 aliphatic carbocycles. The van der Waals surface area contributed by atoms with Crippen molar-refractivity contribution in [1.82, 2.24) is 9.97 Å². The number of nitrogens with one attached hydrogen (secondary N) is 1. The van der Waals surface area contributed by atoms with E-state index >= 15 is 0 Å². The van der Waals surface area contributed by atoms with Crippen LogP contribution in [0.2, 0.25) is 0 Å². The third-order valence-corrected chi connectivity index (χ3v) is 2.81. The van der Waals surface area contributed by atoms with Gasteiger partial charge in [0.25, 0.3) is 0 Å². The van der Waals surface area contributed by atoms with Gasteiger partial charge in [0, 0.05) is 10.2 Å². The summed E-state index contributed by atoms with van der Waals surface area (Å²) in [4.78, 5) is 8.22. The number of halogens is 1. The van der Waals surface area contributed by atoms with Gasteiger partial charge in [0.15, 0.2) is 0 Å². The highest BCUT2D eigenvalue weighted by molar-refractivity contribution is 9.10. The summed E-state index contributed by atoms with van der Waals surface area (Å²) < 4.78 is 0.817. The van der Waals surface area contributed by atoms with Crippen molar-refractivity contribution >= 4 is 27.6 Å². The van der Waals surface area contributed by atoms with Gasteiger partial charge in [-0.1, -0.05) is 15.9 Å². The second kappa shape index (κ2) is 5.47. The number of hydrogen-bond acceptors (Lipinski definition) is 5. The Hall–Kier alpha value is -2.44. The highest BCUT2D eigenvalue weighted by Crippen LogP contribution is 2.22. The normalized spacial score (nSPS) is 9.47. The molecule has 0 saturated carbocycles. The number of aromatic nitrogens is 2. The summed E-state index contributed by atoms with van der Waals surface area (Å²) in [6.45, 7) is 1.78. The Kier molecular flexibility index (Phi) is 3.74. The maximum absolute atomic E-state index is 9.07. The Balaban J connectivity index is 2.40. The van der Waals surface area contributed by atoms with Crippen LogP contribution in [0.1, 0.15) is 17.0 Å². The van der Waals surface area contributed by atoms with E-state index in [2.05, 4.69) is 37.3 Å². The Labute approximate surface area is 118 Å². The van der Waals surface area contributed by atoms with Crippen LogP contribution in [-0.2, 0) is 0 Å². The minimum Gasteiger partial charge on any atom is -0.323 e. The summed E-state index contributed by atoms with van der Waals surface area (Å²) in [5, 5.41) is 20.9. The van der Waals surface area contributed by atoms with E-state index in [1.54, 1.807) is 25.1 Å². The number of benzene rings is 1. The topological polar surface area (TPSA) is 85.4 Å². The first-order valence-electron chi connectivity index (χ1n) is 5.35. The fourth-order valence-electron chi connectivity index (χ4n) is 1.52. The molecule has 0 bridgehead atoms. The minimum atomic E-state index is 0.283. The van der Waals surface area contributed by atoms with E-state index in [1.165, 1.54) is 0 Å². The Morgan fingerprint density at radius 1 is 1.16 bits per heavy atom. The van der Waals surface area contributed by atoms with Gasteiger partial charge in [0.2, 0.25) is 5.95 Å². The fourth-order valence-corrected chi connectivity index (χ4v) is 1.88. The van der Waals surface area contributed by atoms with E-state index in [9.17, 15) is 0 Å². The molecular weight excluding hydrogens is 306 g/mol. The molecule has 6 heteroatoms. The van der Waals surface area contributed by atoms with E-state index in [4.69, 9.17) is 10.5 Å². The molecule has 0 unspecified atom stereocenters. The molecule has 1 aromatic carbocycles. The van der Waals surface area contributed by atoms with Gasteiger partial charge in [0.05, 0.1) is 11.3 Å².